The van der Waals surface area contributed by atoms with Crippen molar-refractivity contribution in [2.75, 3.05) is 13.2 Å². The molecule has 0 fully saturated rings. The van der Waals surface area contributed by atoms with Gasteiger partial charge in [-0.3, -0.25) is 9.78 Å². The first-order valence-corrected chi connectivity index (χ1v) is 12.9. The second-order valence-electron chi connectivity index (χ2n) is 9.52. The minimum atomic E-state index is -0.0693. The number of para-hydroxylation sites is 2. The fourth-order valence-electron chi connectivity index (χ4n) is 4.42. The molecule has 36 heavy (non-hydrogen) atoms. The average molecular weight is 485 g/mol. The summed E-state index contributed by atoms with van der Waals surface area (Å²) in [6.07, 6.45) is 6.88. The highest BCUT2D eigenvalue weighted by atomic mass is 16.5. The molecule has 6 heteroatoms. The maximum atomic E-state index is 12.3. The Kier molecular flexibility index (Phi) is 8.71. The zero-order valence-electron chi connectivity index (χ0n) is 21.5. The van der Waals surface area contributed by atoms with Crippen molar-refractivity contribution in [2.45, 2.75) is 58.9 Å². The molecule has 0 aliphatic carbocycles. The molecule has 0 bridgehead atoms. The van der Waals surface area contributed by atoms with Crippen LogP contribution in [0, 0.1) is 6.92 Å². The Balaban J connectivity index is 1.31. The average Bonchev–Trinajstić information content (AvgIpc) is 3.24. The molecule has 0 aliphatic rings. The predicted octanol–water partition coefficient (Wildman–Crippen LogP) is 6.08. The number of fused-ring (bicyclic) bond motifs is 1. The minimum Gasteiger partial charge on any atom is -0.493 e. The molecule has 1 N–H and O–H groups in total. The normalized spacial score (nSPS) is 11.2. The van der Waals surface area contributed by atoms with Crippen LogP contribution >= 0.6 is 0 Å². The summed E-state index contributed by atoms with van der Waals surface area (Å²) in [6.45, 7) is 8.71. The minimum absolute atomic E-state index is 0.0693. The van der Waals surface area contributed by atoms with Crippen LogP contribution in [0.1, 0.15) is 66.3 Å². The van der Waals surface area contributed by atoms with Crippen molar-refractivity contribution in [2.24, 2.45) is 0 Å². The van der Waals surface area contributed by atoms with Crippen molar-refractivity contribution in [3.8, 4) is 5.75 Å². The predicted molar refractivity (Wildman–Crippen MR) is 145 cm³/mol. The zero-order chi connectivity index (χ0) is 25.3. The lowest BCUT2D eigenvalue weighted by molar-refractivity contribution is 0.0953. The van der Waals surface area contributed by atoms with Crippen molar-refractivity contribution in [1.82, 2.24) is 19.9 Å². The quantitative estimate of drug-likeness (QED) is 0.247. The van der Waals surface area contributed by atoms with Gasteiger partial charge in [-0.05, 0) is 73.6 Å². The van der Waals surface area contributed by atoms with Gasteiger partial charge < -0.3 is 14.6 Å². The number of nitrogens with one attached hydrogen (secondary N) is 1. The van der Waals surface area contributed by atoms with Crippen LogP contribution in [0.5, 0.6) is 5.75 Å². The molecular weight excluding hydrogens is 448 g/mol. The van der Waals surface area contributed by atoms with Crippen molar-refractivity contribution in [3.05, 3.63) is 89.5 Å². The smallest absolute Gasteiger partial charge is 0.251 e. The van der Waals surface area contributed by atoms with Crippen LogP contribution in [0.25, 0.3) is 11.0 Å². The summed E-state index contributed by atoms with van der Waals surface area (Å²) in [4.78, 5) is 21.1. The van der Waals surface area contributed by atoms with Crippen LogP contribution in [-0.4, -0.2) is 33.6 Å². The van der Waals surface area contributed by atoms with E-state index in [1.807, 2.05) is 6.07 Å². The highest BCUT2D eigenvalue weighted by Gasteiger charge is 2.12. The van der Waals surface area contributed by atoms with E-state index in [1.165, 1.54) is 11.1 Å². The number of carbonyl (C=O) groups is 1. The van der Waals surface area contributed by atoms with Gasteiger partial charge >= 0.3 is 0 Å². The first-order chi connectivity index (χ1) is 17.5. The number of imidazole rings is 1. The summed E-state index contributed by atoms with van der Waals surface area (Å²) in [5.41, 5.74) is 5.30. The largest absolute Gasteiger partial charge is 0.493 e. The molecule has 6 nitrogen and oxygen atoms in total. The van der Waals surface area contributed by atoms with Gasteiger partial charge in [-0.25, -0.2) is 4.98 Å². The van der Waals surface area contributed by atoms with Crippen molar-refractivity contribution < 1.29 is 9.53 Å². The number of benzene rings is 2. The van der Waals surface area contributed by atoms with Gasteiger partial charge in [0, 0.05) is 37.5 Å². The number of ether oxygens (including phenoxy) is 1. The fraction of sp³-hybridized carbons (Fsp3) is 0.367. The summed E-state index contributed by atoms with van der Waals surface area (Å²) in [7, 11) is 0. The first kappa shape index (κ1) is 25.4. The molecule has 2 aromatic heterocycles. The van der Waals surface area contributed by atoms with Crippen LogP contribution in [0.2, 0.25) is 0 Å². The van der Waals surface area contributed by atoms with Crippen LogP contribution in [-0.2, 0) is 13.0 Å². The van der Waals surface area contributed by atoms with Gasteiger partial charge in [0.05, 0.1) is 17.6 Å². The van der Waals surface area contributed by atoms with Gasteiger partial charge in [0.25, 0.3) is 5.91 Å². The molecule has 0 radical (unpaired) electrons. The number of amides is 1. The van der Waals surface area contributed by atoms with Gasteiger partial charge in [0.1, 0.15) is 11.6 Å². The standard InChI is InChI=1S/C30H36N4O2/c1-22(2)25-13-12-23(3)21-28(25)36-20-7-6-19-34-27-10-5-4-9-26(27)33-29(34)11-8-16-32-30(35)24-14-17-31-18-15-24/h4-5,9-10,12-15,17-18,21-22H,6-8,11,16,19-20H2,1-3H3,(H,32,35). The summed E-state index contributed by atoms with van der Waals surface area (Å²) < 4.78 is 8.51. The SMILES string of the molecule is Cc1ccc(C(C)C)c(OCCCCn2c(CCCNC(=O)c3ccncc3)nc3ccccc32)c1. The molecule has 0 saturated heterocycles. The number of hydrogen-bond acceptors (Lipinski definition) is 4. The molecule has 0 aliphatic heterocycles. The second kappa shape index (κ2) is 12.3. The lowest BCUT2D eigenvalue weighted by Gasteiger charge is -2.15. The lowest BCUT2D eigenvalue weighted by Crippen LogP contribution is -2.25. The number of hydrogen-bond donors (Lipinski definition) is 1. The number of carbonyl (C=O) groups excluding carboxylic acids is 1. The van der Waals surface area contributed by atoms with Gasteiger partial charge in [-0.1, -0.05) is 38.1 Å². The number of rotatable bonds is 12. The molecule has 4 aromatic rings. The van der Waals surface area contributed by atoms with Crippen LogP contribution < -0.4 is 10.1 Å². The van der Waals surface area contributed by atoms with Crippen molar-refractivity contribution in [1.29, 1.82) is 0 Å². The van der Waals surface area contributed by atoms with Crippen LogP contribution in [0.4, 0.5) is 0 Å². The maximum Gasteiger partial charge on any atom is 0.251 e. The van der Waals surface area contributed by atoms with Crippen molar-refractivity contribution in [3.63, 3.8) is 0 Å². The number of unbranched alkanes of at least 4 members (excludes halogenated alkanes) is 1. The number of nitrogens with zero attached hydrogens (tertiary/aromatic N) is 3. The van der Waals surface area contributed by atoms with E-state index in [0.29, 0.717) is 24.6 Å². The van der Waals surface area contributed by atoms with Gasteiger partial charge in [0.2, 0.25) is 0 Å². The van der Waals surface area contributed by atoms with Gasteiger partial charge in [-0.2, -0.15) is 0 Å². The third-order valence-electron chi connectivity index (χ3n) is 6.36. The zero-order valence-corrected chi connectivity index (χ0v) is 21.5. The molecule has 0 spiro atoms. The van der Waals surface area contributed by atoms with E-state index >= 15 is 0 Å². The molecule has 0 atom stereocenters. The molecule has 2 heterocycles. The molecule has 2 aromatic carbocycles. The Morgan fingerprint density at radius 1 is 1.03 bits per heavy atom. The monoisotopic (exact) mass is 484 g/mol. The van der Waals surface area contributed by atoms with Gasteiger partial charge in [0.15, 0.2) is 0 Å². The second-order valence-corrected chi connectivity index (χ2v) is 9.52. The van der Waals surface area contributed by atoms with Crippen molar-refractivity contribution >= 4 is 16.9 Å². The number of pyridine rings is 1. The molecular formula is C30H36N4O2. The van der Waals surface area contributed by atoms with E-state index in [1.54, 1.807) is 24.5 Å². The molecule has 4 rings (SSSR count). The summed E-state index contributed by atoms with van der Waals surface area (Å²) in [6, 6.07) is 18.2. The molecule has 0 saturated carbocycles. The first-order valence-electron chi connectivity index (χ1n) is 12.9. The highest BCUT2D eigenvalue weighted by molar-refractivity contribution is 5.93. The van der Waals surface area contributed by atoms with E-state index in [4.69, 9.17) is 9.72 Å². The van der Waals surface area contributed by atoms with E-state index in [0.717, 1.165) is 54.8 Å². The van der Waals surface area contributed by atoms with E-state index in [2.05, 4.69) is 72.0 Å². The Hall–Kier alpha value is -3.67. The number of aromatic nitrogens is 3. The van der Waals surface area contributed by atoms with E-state index in [-0.39, 0.29) is 5.91 Å². The Morgan fingerprint density at radius 2 is 1.83 bits per heavy atom. The van der Waals surface area contributed by atoms with E-state index in [9.17, 15) is 4.79 Å². The Bertz CT molecular complexity index is 1280. The highest BCUT2D eigenvalue weighted by Crippen LogP contribution is 2.27. The van der Waals surface area contributed by atoms with Gasteiger partial charge in [-0.15, -0.1) is 0 Å². The molecule has 188 valence electrons. The molecule has 0 unspecified atom stereocenters. The van der Waals surface area contributed by atoms with Crippen LogP contribution in [0.3, 0.4) is 0 Å². The summed E-state index contributed by atoms with van der Waals surface area (Å²) in [5.74, 6) is 2.44. The third kappa shape index (κ3) is 6.51. The Labute approximate surface area is 213 Å². The Morgan fingerprint density at radius 3 is 2.64 bits per heavy atom. The summed E-state index contributed by atoms with van der Waals surface area (Å²) in [5, 5.41) is 2.99. The van der Waals surface area contributed by atoms with Crippen LogP contribution in [0.15, 0.2) is 67.0 Å². The summed E-state index contributed by atoms with van der Waals surface area (Å²) >= 11 is 0. The third-order valence-corrected chi connectivity index (χ3v) is 6.36. The number of aryl methyl sites for hydroxylation is 3. The van der Waals surface area contributed by atoms with E-state index < -0.39 is 0 Å². The molecule has 1 amide bonds. The maximum absolute atomic E-state index is 12.3. The lowest BCUT2D eigenvalue weighted by atomic mass is 10.0. The fourth-order valence-corrected chi connectivity index (χ4v) is 4.42. The topological polar surface area (TPSA) is 69.0 Å².